The lowest BCUT2D eigenvalue weighted by Gasteiger charge is -2.20. The normalized spacial score (nSPS) is 23.2. The van der Waals surface area contributed by atoms with E-state index in [0.717, 1.165) is 26.2 Å². The van der Waals surface area contributed by atoms with Crippen LogP contribution >= 0.6 is 0 Å². The van der Waals surface area contributed by atoms with Gasteiger partial charge in [-0.3, -0.25) is 4.68 Å². The molecule has 1 N–H and O–H groups in total. The van der Waals surface area contributed by atoms with Gasteiger partial charge in [-0.15, -0.1) is 0 Å². The van der Waals surface area contributed by atoms with Gasteiger partial charge in [-0.25, -0.2) is 0 Å². The molecule has 0 saturated carbocycles. The van der Waals surface area contributed by atoms with Gasteiger partial charge < -0.3 is 10.1 Å². The van der Waals surface area contributed by atoms with Gasteiger partial charge in [-0.05, 0) is 20.4 Å². The van der Waals surface area contributed by atoms with Crippen LogP contribution in [0.5, 0.6) is 0 Å². The summed E-state index contributed by atoms with van der Waals surface area (Å²) in [5.74, 6) is 0.588. The Hall–Kier alpha value is -0.870. The second-order valence-electron chi connectivity index (χ2n) is 4.02. The molecule has 0 amide bonds. The molecule has 84 valence electrons. The van der Waals surface area contributed by atoms with Gasteiger partial charge >= 0.3 is 0 Å². The lowest BCUT2D eigenvalue weighted by molar-refractivity contribution is 0.178. The van der Waals surface area contributed by atoms with Crippen LogP contribution in [0.1, 0.15) is 24.9 Å². The first kappa shape index (κ1) is 10.6. The van der Waals surface area contributed by atoms with Crippen LogP contribution in [0.2, 0.25) is 0 Å². The van der Waals surface area contributed by atoms with Gasteiger partial charge in [0.1, 0.15) is 0 Å². The van der Waals surface area contributed by atoms with Gasteiger partial charge in [0.25, 0.3) is 0 Å². The molecule has 0 spiro atoms. The van der Waals surface area contributed by atoms with E-state index in [1.807, 2.05) is 17.9 Å². The van der Waals surface area contributed by atoms with Crippen molar-refractivity contribution in [1.82, 2.24) is 15.1 Å². The fraction of sp³-hybridized carbons (Fsp3) is 0.727. The van der Waals surface area contributed by atoms with Crippen molar-refractivity contribution in [2.75, 3.05) is 20.3 Å². The monoisotopic (exact) mass is 209 g/mol. The maximum atomic E-state index is 5.43. The summed E-state index contributed by atoms with van der Waals surface area (Å²) in [6, 6.07) is 0.382. The van der Waals surface area contributed by atoms with Crippen molar-refractivity contribution >= 4 is 0 Å². The summed E-state index contributed by atoms with van der Waals surface area (Å²) in [7, 11) is 2.01. The smallest absolute Gasteiger partial charge is 0.0537 e. The van der Waals surface area contributed by atoms with Crippen LogP contribution in [0.4, 0.5) is 0 Å². The summed E-state index contributed by atoms with van der Waals surface area (Å²) in [4.78, 5) is 0. The molecule has 2 rings (SSSR count). The molecule has 1 fully saturated rings. The van der Waals surface area contributed by atoms with Gasteiger partial charge in [0.15, 0.2) is 0 Å². The zero-order valence-corrected chi connectivity index (χ0v) is 9.44. The van der Waals surface area contributed by atoms with E-state index in [4.69, 9.17) is 4.74 Å². The maximum Gasteiger partial charge on any atom is 0.0537 e. The van der Waals surface area contributed by atoms with E-state index < -0.39 is 0 Å². The largest absolute Gasteiger partial charge is 0.381 e. The number of rotatable bonds is 4. The second kappa shape index (κ2) is 4.77. The molecule has 2 unspecified atom stereocenters. The van der Waals surface area contributed by atoms with E-state index in [1.165, 1.54) is 5.56 Å². The van der Waals surface area contributed by atoms with E-state index in [-0.39, 0.29) is 0 Å². The van der Waals surface area contributed by atoms with Crippen molar-refractivity contribution in [3.63, 3.8) is 0 Å². The molecule has 1 aliphatic rings. The Bertz CT molecular complexity index is 305. The molecule has 2 heterocycles. The highest BCUT2D eigenvalue weighted by Gasteiger charge is 2.26. The number of hydrogen-bond donors (Lipinski definition) is 1. The van der Waals surface area contributed by atoms with Crippen LogP contribution in [0.15, 0.2) is 12.4 Å². The first-order chi connectivity index (χ1) is 7.35. The van der Waals surface area contributed by atoms with Gasteiger partial charge in [-0.2, -0.15) is 5.10 Å². The maximum absolute atomic E-state index is 5.43. The highest BCUT2D eigenvalue weighted by Crippen LogP contribution is 2.27. The Morgan fingerprint density at radius 1 is 1.73 bits per heavy atom. The van der Waals surface area contributed by atoms with Crippen LogP contribution < -0.4 is 5.32 Å². The minimum absolute atomic E-state index is 0.382. The standard InChI is InChI=1S/C11H19N3O/c1-3-14-7-10(6-13-14)11(12-2)9-4-5-15-8-9/h6-7,9,11-12H,3-5,8H2,1-2H3. The number of nitrogens with zero attached hydrogens (tertiary/aromatic N) is 2. The third kappa shape index (κ3) is 2.21. The van der Waals surface area contributed by atoms with Crippen molar-refractivity contribution in [3.05, 3.63) is 18.0 Å². The molecule has 0 aromatic carbocycles. The number of nitrogens with one attached hydrogen (secondary N) is 1. The molecule has 1 aromatic heterocycles. The lowest BCUT2D eigenvalue weighted by Crippen LogP contribution is -2.25. The van der Waals surface area contributed by atoms with Crippen LogP contribution in [-0.4, -0.2) is 30.0 Å². The second-order valence-corrected chi connectivity index (χ2v) is 4.02. The SMILES string of the molecule is CCn1cc(C(NC)C2CCOC2)cn1. The number of ether oxygens (including phenoxy) is 1. The van der Waals surface area contributed by atoms with Crippen LogP contribution in [-0.2, 0) is 11.3 Å². The molecule has 2 atom stereocenters. The topological polar surface area (TPSA) is 39.1 Å². The van der Waals surface area contributed by atoms with Crippen molar-refractivity contribution < 1.29 is 4.74 Å². The number of aryl methyl sites for hydroxylation is 1. The summed E-state index contributed by atoms with van der Waals surface area (Å²) >= 11 is 0. The average Bonchev–Trinajstić information content (AvgIpc) is 2.89. The Balaban J connectivity index is 2.10. The molecule has 4 heteroatoms. The first-order valence-electron chi connectivity index (χ1n) is 5.62. The third-order valence-corrected chi connectivity index (χ3v) is 3.08. The van der Waals surface area contributed by atoms with Gasteiger partial charge in [0.05, 0.1) is 12.8 Å². The zero-order chi connectivity index (χ0) is 10.7. The van der Waals surface area contributed by atoms with E-state index in [1.54, 1.807) is 0 Å². The van der Waals surface area contributed by atoms with Gasteiger partial charge in [0, 0.05) is 36.9 Å². The first-order valence-corrected chi connectivity index (χ1v) is 5.62. The predicted molar refractivity (Wildman–Crippen MR) is 58.6 cm³/mol. The Labute approximate surface area is 90.6 Å². The van der Waals surface area contributed by atoms with Crippen LogP contribution in [0.25, 0.3) is 0 Å². The molecular weight excluding hydrogens is 190 g/mol. The van der Waals surface area contributed by atoms with Gasteiger partial charge in [-0.1, -0.05) is 0 Å². The van der Waals surface area contributed by atoms with Crippen molar-refractivity contribution in [1.29, 1.82) is 0 Å². The molecule has 0 radical (unpaired) electrons. The molecular formula is C11H19N3O. The third-order valence-electron chi connectivity index (χ3n) is 3.08. The summed E-state index contributed by atoms with van der Waals surface area (Å²) in [6.07, 6.45) is 5.23. The lowest BCUT2D eigenvalue weighted by atomic mass is 9.95. The van der Waals surface area contributed by atoms with Crippen LogP contribution in [0, 0.1) is 5.92 Å². The summed E-state index contributed by atoms with van der Waals surface area (Å²) in [5.41, 5.74) is 1.27. The number of aromatic nitrogens is 2. The zero-order valence-electron chi connectivity index (χ0n) is 9.44. The van der Waals surface area contributed by atoms with E-state index in [2.05, 4.69) is 23.5 Å². The number of hydrogen-bond acceptors (Lipinski definition) is 3. The summed E-state index contributed by atoms with van der Waals surface area (Å²) in [5, 5.41) is 7.68. The van der Waals surface area contributed by atoms with E-state index in [9.17, 15) is 0 Å². The van der Waals surface area contributed by atoms with Crippen molar-refractivity contribution in [3.8, 4) is 0 Å². The minimum Gasteiger partial charge on any atom is -0.381 e. The molecule has 15 heavy (non-hydrogen) atoms. The average molecular weight is 209 g/mol. The molecule has 4 nitrogen and oxygen atoms in total. The molecule has 0 bridgehead atoms. The molecule has 1 aromatic rings. The molecule has 0 aliphatic carbocycles. The predicted octanol–water partition coefficient (Wildman–Crippen LogP) is 1.20. The highest BCUT2D eigenvalue weighted by molar-refractivity contribution is 5.12. The Morgan fingerprint density at radius 2 is 2.60 bits per heavy atom. The van der Waals surface area contributed by atoms with E-state index in [0.29, 0.717) is 12.0 Å². The summed E-state index contributed by atoms with van der Waals surface area (Å²) in [6.45, 7) is 4.79. The quantitative estimate of drug-likeness (QED) is 0.810. The van der Waals surface area contributed by atoms with Gasteiger partial charge in [0.2, 0.25) is 0 Å². The minimum atomic E-state index is 0.382. The van der Waals surface area contributed by atoms with Crippen LogP contribution in [0.3, 0.4) is 0 Å². The molecule has 1 aliphatic heterocycles. The fourth-order valence-corrected chi connectivity index (χ4v) is 2.20. The fourth-order valence-electron chi connectivity index (χ4n) is 2.20. The van der Waals surface area contributed by atoms with Crippen molar-refractivity contribution in [2.45, 2.75) is 25.9 Å². The summed E-state index contributed by atoms with van der Waals surface area (Å²) < 4.78 is 7.40. The Kier molecular flexibility index (Phi) is 3.38. The highest BCUT2D eigenvalue weighted by atomic mass is 16.5. The Morgan fingerprint density at radius 3 is 3.13 bits per heavy atom. The molecule has 1 saturated heterocycles. The van der Waals surface area contributed by atoms with Crippen molar-refractivity contribution in [2.24, 2.45) is 5.92 Å². The van der Waals surface area contributed by atoms with E-state index >= 15 is 0 Å².